The highest BCUT2D eigenvalue weighted by atomic mass is 16.6. The average Bonchev–Trinajstić information content (AvgIpc) is 3.37. The van der Waals surface area contributed by atoms with Gasteiger partial charge in [-0.05, 0) is 54.8 Å². The van der Waals surface area contributed by atoms with Crippen molar-refractivity contribution in [3.8, 4) is 17.2 Å². The first-order valence-electron chi connectivity index (χ1n) is 10.8. The van der Waals surface area contributed by atoms with Crippen molar-refractivity contribution in [1.29, 1.82) is 0 Å². The van der Waals surface area contributed by atoms with Crippen LogP contribution in [0.4, 0.5) is 0 Å². The lowest BCUT2D eigenvalue weighted by atomic mass is 9.78. The SMILES string of the molecule is COc1ccc(C(=O)NNC(=O)COC(=O)C2(c3ccc4c(c3)OCCO4)CCCC2)cc1. The smallest absolute Gasteiger partial charge is 0.317 e. The van der Waals surface area contributed by atoms with Crippen LogP contribution in [0.1, 0.15) is 41.6 Å². The number of amides is 2. The van der Waals surface area contributed by atoms with Crippen LogP contribution in [-0.2, 0) is 19.7 Å². The Kier molecular flexibility index (Phi) is 6.67. The molecule has 0 bridgehead atoms. The summed E-state index contributed by atoms with van der Waals surface area (Å²) in [6.45, 7) is 0.438. The number of carbonyl (C=O) groups excluding carboxylic acids is 3. The second-order valence-corrected chi connectivity index (χ2v) is 7.95. The van der Waals surface area contributed by atoms with Crippen LogP contribution in [0.5, 0.6) is 17.2 Å². The summed E-state index contributed by atoms with van der Waals surface area (Å²) in [6, 6.07) is 11.9. The van der Waals surface area contributed by atoms with Gasteiger partial charge in [0.1, 0.15) is 19.0 Å². The van der Waals surface area contributed by atoms with Gasteiger partial charge in [-0.15, -0.1) is 0 Å². The summed E-state index contributed by atoms with van der Waals surface area (Å²) in [7, 11) is 1.53. The highest BCUT2D eigenvalue weighted by Crippen LogP contribution is 2.45. The third-order valence-electron chi connectivity index (χ3n) is 5.94. The number of carbonyl (C=O) groups is 3. The van der Waals surface area contributed by atoms with E-state index in [9.17, 15) is 14.4 Å². The van der Waals surface area contributed by atoms with Crippen molar-refractivity contribution in [2.75, 3.05) is 26.9 Å². The van der Waals surface area contributed by atoms with Crippen LogP contribution in [-0.4, -0.2) is 44.7 Å². The van der Waals surface area contributed by atoms with Gasteiger partial charge in [0.15, 0.2) is 18.1 Å². The molecule has 2 aromatic rings. The molecule has 0 atom stereocenters. The van der Waals surface area contributed by atoms with Gasteiger partial charge in [-0.25, -0.2) is 0 Å². The Balaban J connectivity index is 1.34. The number of rotatable bonds is 6. The Morgan fingerprint density at radius 1 is 0.939 bits per heavy atom. The van der Waals surface area contributed by atoms with E-state index in [1.807, 2.05) is 12.1 Å². The van der Waals surface area contributed by atoms with Crippen LogP contribution < -0.4 is 25.1 Å². The molecule has 2 N–H and O–H groups in total. The Hall–Kier alpha value is -3.75. The van der Waals surface area contributed by atoms with Gasteiger partial charge >= 0.3 is 5.97 Å². The van der Waals surface area contributed by atoms with Gasteiger partial charge in [0, 0.05) is 5.56 Å². The molecule has 1 heterocycles. The number of esters is 1. The van der Waals surface area contributed by atoms with Crippen LogP contribution in [0.3, 0.4) is 0 Å². The molecule has 9 heteroatoms. The molecule has 1 saturated carbocycles. The average molecular weight is 454 g/mol. The molecule has 2 aliphatic rings. The summed E-state index contributed by atoms with van der Waals surface area (Å²) in [5.74, 6) is 0.270. The zero-order chi connectivity index (χ0) is 23.3. The highest BCUT2D eigenvalue weighted by molar-refractivity contribution is 5.95. The van der Waals surface area contributed by atoms with Crippen molar-refractivity contribution in [3.05, 3.63) is 53.6 Å². The summed E-state index contributed by atoms with van der Waals surface area (Å²) >= 11 is 0. The fourth-order valence-corrected chi connectivity index (χ4v) is 4.18. The second kappa shape index (κ2) is 9.81. The molecule has 1 aliphatic heterocycles. The molecule has 0 spiro atoms. The minimum atomic E-state index is -0.831. The molecule has 1 aliphatic carbocycles. The van der Waals surface area contributed by atoms with E-state index in [4.69, 9.17) is 18.9 Å². The fraction of sp³-hybridized carbons (Fsp3) is 0.375. The lowest BCUT2D eigenvalue weighted by Crippen LogP contribution is -2.44. The summed E-state index contributed by atoms with van der Waals surface area (Å²) in [4.78, 5) is 37.4. The third-order valence-corrected chi connectivity index (χ3v) is 5.94. The van der Waals surface area contributed by atoms with Gasteiger partial charge < -0.3 is 18.9 Å². The standard InChI is InChI=1S/C24H26N2O7/c1-30-18-7-4-16(5-8-18)22(28)26-25-21(27)15-33-23(29)24(10-2-3-11-24)17-6-9-19-20(14-17)32-13-12-31-19/h4-9,14H,2-3,10-13,15H2,1H3,(H,25,27)(H,26,28). The summed E-state index contributed by atoms with van der Waals surface area (Å²) in [5, 5.41) is 0. The van der Waals surface area contributed by atoms with E-state index in [-0.39, 0.29) is 0 Å². The van der Waals surface area contributed by atoms with Crippen LogP contribution in [0.15, 0.2) is 42.5 Å². The minimum absolute atomic E-state index is 0.344. The quantitative estimate of drug-likeness (QED) is 0.509. The Morgan fingerprint density at radius 3 is 2.33 bits per heavy atom. The summed E-state index contributed by atoms with van der Waals surface area (Å²) < 4.78 is 21.6. The molecule has 174 valence electrons. The maximum Gasteiger partial charge on any atom is 0.317 e. The molecular weight excluding hydrogens is 428 g/mol. The zero-order valence-electron chi connectivity index (χ0n) is 18.3. The van der Waals surface area contributed by atoms with Gasteiger partial charge in [-0.2, -0.15) is 0 Å². The molecule has 1 fully saturated rings. The number of fused-ring (bicyclic) bond motifs is 1. The molecule has 2 aromatic carbocycles. The normalized spacial score (nSPS) is 15.9. The molecule has 0 saturated heterocycles. The van der Waals surface area contributed by atoms with Crippen molar-refractivity contribution in [1.82, 2.24) is 10.9 Å². The first-order chi connectivity index (χ1) is 16.0. The summed E-state index contributed by atoms with van der Waals surface area (Å²) in [5.41, 5.74) is 4.88. The van der Waals surface area contributed by atoms with Crippen LogP contribution >= 0.6 is 0 Å². The first-order valence-corrected chi connectivity index (χ1v) is 10.8. The Bertz CT molecular complexity index is 1030. The van der Waals surface area contributed by atoms with E-state index >= 15 is 0 Å². The molecule has 0 aromatic heterocycles. The topological polar surface area (TPSA) is 112 Å². The van der Waals surface area contributed by atoms with Crippen molar-refractivity contribution in [2.45, 2.75) is 31.1 Å². The molecule has 2 amide bonds. The minimum Gasteiger partial charge on any atom is -0.497 e. The molecular formula is C24H26N2O7. The Morgan fingerprint density at radius 2 is 1.64 bits per heavy atom. The van der Waals surface area contributed by atoms with Gasteiger partial charge in [-0.3, -0.25) is 25.2 Å². The molecule has 4 rings (SSSR count). The lowest BCUT2D eigenvalue weighted by molar-refractivity contribution is -0.154. The monoisotopic (exact) mass is 454 g/mol. The van der Waals surface area contributed by atoms with E-state index in [2.05, 4.69) is 10.9 Å². The van der Waals surface area contributed by atoms with Gasteiger partial charge in [0.05, 0.1) is 12.5 Å². The van der Waals surface area contributed by atoms with E-state index < -0.39 is 29.8 Å². The predicted octanol–water partition coefficient (Wildman–Crippen LogP) is 2.28. The van der Waals surface area contributed by atoms with Gasteiger partial charge in [0.25, 0.3) is 11.8 Å². The van der Waals surface area contributed by atoms with Crippen molar-refractivity contribution >= 4 is 17.8 Å². The van der Waals surface area contributed by atoms with E-state index in [0.29, 0.717) is 48.9 Å². The fourth-order valence-electron chi connectivity index (χ4n) is 4.18. The highest BCUT2D eigenvalue weighted by Gasteiger charge is 2.45. The number of methoxy groups -OCH3 is 1. The zero-order valence-corrected chi connectivity index (χ0v) is 18.3. The van der Waals surface area contributed by atoms with Crippen molar-refractivity contribution in [3.63, 3.8) is 0 Å². The number of hydrogen-bond acceptors (Lipinski definition) is 7. The first kappa shape index (κ1) is 22.4. The summed E-state index contributed by atoms with van der Waals surface area (Å²) in [6.07, 6.45) is 3.02. The number of hydrazine groups is 1. The van der Waals surface area contributed by atoms with Crippen molar-refractivity contribution in [2.24, 2.45) is 0 Å². The third kappa shape index (κ3) is 4.87. The number of benzene rings is 2. The number of hydrogen-bond donors (Lipinski definition) is 2. The van der Waals surface area contributed by atoms with E-state index in [1.54, 1.807) is 30.3 Å². The van der Waals surface area contributed by atoms with Gasteiger partial charge in [-0.1, -0.05) is 18.9 Å². The Labute approximate surface area is 191 Å². The van der Waals surface area contributed by atoms with E-state index in [1.165, 1.54) is 7.11 Å². The molecule has 0 unspecified atom stereocenters. The van der Waals surface area contributed by atoms with Crippen LogP contribution in [0, 0.1) is 0 Å². The second-order valence-electron chi connectivity index (χ2n) is 7.95. The van der Waals surface area contributed by atoms with Crippen LogP contribution in [0.25, 0.3) is 0 Å². The van der Waals surface area contributed by atoms with Gasteiger partial charge in [0.2, 0.25) is 0 Å². The molecule has 0 radical (unpaired) electrons. The largest absolute Gasteiger partial charge is 0.497 e. The number of ether oxygens (including phenoxy) is 4. The predicted molar refractivity (Wildman–Crippen MR) is 117 cm³/mol. The van der Waals surface area contributed by atoms with E-state index in [0.717, 1.165) is 18.4 Å². The maximum atomic E-state index is 13.1. The lowest BCUT2D eigenvalue weighted by Gasteiger charge is -2.28. The molecule has 9 nitrogen and oxygen atoms in total. The van der Waals surface area contributed by atoms with Crippen LogP contribution in [0.2, 0.25) is 0 Å². The molecule has 33 heavy (non-hydrogen) atoms. The maximum absolute atomic E-state index is 13.1. The van der Waals surface area contributed by atoms with Crippen molar-refractivity contribution < 1.29 is 33.3 Å². The number of nitrogens with one attached hydrogen (secondary N) is 2.